The highest BCUT2D eigenvalue weighted by molar-refractivity contribution is 5.60. The largest absolute Gasteiger partial charge is 0.389 e. The molecule has 0 saturated heterocycles. The number of benzene rings is 1. The molecule has 1 N–H and O–H groups in total. The molecule has 0 spiro atoms. The average Bonchev–Trinajstić information content (AvgIpc) is 2.96. The number of hydrogen-bond acceptors (Lipinski definition) is 2. The van der Waals surface area contributed by atoms with Crippen LogP contribution >= 0.6 is 0 Å². The number of aliphatic hydroxyl groups excluding tert-OH is 1. The Bertz CT molecular complexity index is 407. The Labute approximate surface area is 103 Å². The molecular formula is C15H21NO. The summed E-state index contributed by atoms with van der Waals surface area (Å²) in [5, 5.41) is 9.69. The fraction of sp³-hybridized carbons (Fsp3) is 0.600. The van der Waals surface area contributed by atoms with E-state index in [1.807, 2.05) is 6.92 Å². The molecule has 0 aromatic heterocycles. The number of rotatable bonds is 2. The first-order valence-electron chi connectivity index (χ1n) is 6.83. The monoisotopic (exact) mass is 231 g/mol. The molecule has 1 aliphatic carbocycles. The third-order valence-corrected chi connectivity index (χ3v) is 4.29. The van der Waals surface area contributed by atoms with E-state index in [9.17, 15) is 5.11 Å². The summed E-state index contributed by atoms with van der Waals surface area (Å²) in [6, 6.07) is 7.22. The molecule has 1 unspecified atom stereocenters. The maximum Gasteiger partial charge on any atom is 0.0762 e. The van der Waals surface area contributed by atoms with Gasteiger partial charge in [0.25, 0.3) is 0 Å². The van der Waals surface area contributed by atoms with Gasteiger partial charge in [0.05, 0.1) is 6.10 Å². The zero-order valence-corrected chi connectivity index (χ0v) is 10.5. The predicted molar refractivity (Wildman–Crippen MR) is 70.4 cm³/mol. The van der Waals surface area contributed by atoms with Crippen molar-refractivity contribution in [2.75, 3.05) is 11.4 Å². The van der Waals surface area contributed by atoms with Gasteiger partial charge in [-0.2, -0.15) is 0 Å². The van der Waals surface area contributed by atoms with Crippen molar-refractivity contribution in [2.24, 2.45) is 0 Å². The Morgan fingerprint density at radius 2 is 2.06 bits per heavy atom. The molecule has 92 valence electrons. The van der Waals surface area contributed by atoms with Gasteiger partial charge in [-0.3, -0.25) is 0 Å². The smallest absolute Gasteiger partial charge is 0.0762 e. The number of hydrogen-bond donors (Lipinski definition) is 1. The summed E-state index contributed by atoms with van der Waals surface area (Å²) >= 11 is 0. The van der Waals surface area contributed by atoms with Crippen LogP contribution in [0.25, 0.3) is 0 Å². The molecule has 0 bridgehead atoms. The van der Waals surface area contributed by atoms with Gasteiger partial charge in [-0.05, 0) is 43.4 Å². The Kier molecular flexibility index (Phi) is 2.83. The lowest BCUT2D eigenvalue weighted by atomic mass is 10.1. The van der Waals surface area contributed by atoms with E-state index in [1.54, 1.807) is 0 Å². The molecule has 1 saturated carbocycles. The molecule has 0 amide bonds. The van der Waals surface area contributed by atoms with Crippen molar-refractivity contribution in [1.82, 2.24) is 0 Å². The maximum atomic E-state index is 9.69. The summed E-state index contributed by atoms with van der Waals surface area (Å²) in [6.45, 7) is 3.01. The van der Waals surface area contributed by atoms with Gasteiger partial charge in [0, 0.05) is 18.3 Å². The van der Waals surface area contributed by atoms with Crippen LogP contribution in [0.15, 0.2) is 18.2 Å². The van der Waals surface area contributed by atoms with Gasteiger partial charge in [-0.1, -0.05) is 25.0 Å². The third-order valence-electron chi connectivity index (χ3n) is 4.29. The molecule has 2 aliphatic rings. The van der Waals surface area contributed by atoms with E-state index in [0.29, 0.717) is 0 Å². The topological polar surface area (TPSA) is 23.5 Å². The standard InChI is InChI=1S/C15H21NO/c1-11(17)13-7-6-12-8-9-16(15(12)10-13)14-4-2-3-5-14/h6-7,10-11,14,17H,2-5,8-9H2,1H3. The molecule has 1 heterocycles. The average molecular weight is 231 g/mol. The van der Waals surface area contributed by atoms with E-state index in [0.717, 1.165) is 11.6 Å². The predicted octanol–water partition coefficient (Wildman–Crippen LogP) is 3.05. The molecular weight excluding hydrogens is 210 g/mol. The van der Waals surface area contributed by atoms with E-state index in [-0.39, 0.29) is 6.10 Å². The van der Waals surface area contributed by atoms with Gasteiger partial charge in [0.15, 0.2) is 0 Å². The molecule has 1 aliphatic heterocycles. The van der Waals surface area contributed by atoms with Gasteiger partial charge in [0.2, 0.25) is 0 Å². The molecule has 17 heavy (non-hydrogen) atoms. The number of anilines is 1. The molecule has 0 radical (unpaired) electrons. The van der Waals surface area contributed by atoms with Crippen LogP contribution < -0.4 is 4.90 Å². The Morgan fingerprint density at radius 3 is 2.76 bits per heavy atom. The number of aliphatic hydroxyl groups is 1. The number of fused-ring (bicyclic) bond motifs is 1. The van der Waals surface area contributed by atoms with Crippen LogP contribution in [0.3, 0.4) is 0 Å². The lowest BCUT2D eigenvalue weighted by Gasteiger charge is -2.27. The van der Waals surface area contributed by atoms with Gasteiger partial charge >= 0.3 is 0 Å². The second kappa shape index (κ2) is 4.34. The molecule has 2 heteroatoms. The van der Waals surface area contributed by atoms with Crippen molar-refractivity contribution in [3.63, 3.8) is 0 Å². The second-order valence-electron chi connectivity index (χ2n) is 5.45. The summed E-state index contributed by atoms with van der Waals surface area (Å²) in [7, 11) is 0. The lowest BCUT2D eigenvalue weighted by Crippen LogP contribution is -2.31. The van der Waals surface area contributed by atoms with Crippen molar-refractivity contribution in [1.29, 1.82) is 0 Å². The second-order valence-corrected chi connectivity index (χ2v) is 5.45. The molecule has 2 nitrogen and oxygen atoms in total. The van der Waals surface area contributed by atoms with Gasteiger partial charge in [-0.25, -0.2) is 0 Å². The Morgan fingerprint density at radius 1 is 1.29 bits per heavy atom. The highest BCUT2D eigenvalue weighted by Gasteiger charge is 2.28. The van der Waals surface area contributed by atoms with Crippen molar-refractivity contribution in [2.45, 2.75) is 51.2 Å². The van der Waals surface area contributed by atoms with Crippen molar-refractivity contribution >= 4 is 5.69 Å². The third kappa shape index (κ3) is 1.95. The van der Waals surface area contributed by atoms with Gasteiger partial charge in [-0.15, -0.1) is 0 Å². The fourth-order valence-electron chi connectivity index (χ4n) is 3.28. The van der Waals surface area contributed by atoms with Crippen LogP contribution in [0.5, 0.6) is 0 Å². The van der Waals surface area contributed by atoms with Crippen LogP contribution in [-0.2, 0) is 6.42 Å². The Hall–Kier alpha value is -1.02. The zero-order chi connectivity index (χ0) is 11.8. The Balaban J connectivity index is 1.91. The molecule has 1 atom stereocenters. The van der Waals surface area contributed by atoms with Crippen LogP contribution in [0.4, 0.5) is 5.69 Å². The zero-order valence-electron chi connectivity index (χ0n) is 10.5. The van der Waals surface area contributed by atoms with E-state index in [4.69, 9.17) is 0 Å². The van der Waals surface area contributed by atoms with Crippen LogP contribution in [0, 0.1) is 0 Å². The summed E-state index contributed by atoms with van der Waals surface area (Å²) in [6.07, 6.45) is 6.27. The van der Waals surface area contributed by atoms with Crippen molar-refractivity contribution < 1.29 is 5.11 Å². The first-order chi connectivity index (χ1) is 8.25. The minimum atomic E-state index is -0.355. The quantitative estimate of drug-likeness (QED) is 0.845. The molecule has 3 rings (SSSR count). The van der Waals surface area contributed by atoms with Crippen LogP contribution in [0.1, 0.15) is 49.8 Å². The van der Waals surface area contributed by atoms with E-state index in [1.165, 1.54) is 49.9 Å². The normalized spacial score (nSPS) is 21.9. The van der Waals surface area contributed by atoms with Crippen LogP contribution in [0.2, 0.25) is 0 Å². The summed E-state index contributed by atoms with van der Waals surface area (Å²) in [4.78, 5) is 2.58. The highest BCUT2D eigenvalue weighted by atomic mass is 16.3. The first-order valence-corrected chi connectivity index (χ1v) is 6.83. The first kappa shape index (κ1) is 11.1. The maximum absolute atomic E-state index is 9.69. The van der Waals surface area contributed by atoms with E-state index >= 15 is 0 Å². The van der Waals surface area contributed by atoms with Gasteiger partial charge < -0.3 is 10.0 Å². The minimum absolute atomic E-state index is 0.355. The van der Waals surface area contributed by atoms with Crippen LogP contribution in [-0.4, -0.2) is 17.7 Å². The summed E-state index contributed by atoms with van der Waals surface area (Å²) in [5.41, 5.74) is 3.89. The SMILES string of the molecule is CC(O)c1ccc2c(c1)N(C1CCCC1)CC2. The van der Waals surface area contributed by atoms with Crippen molar-refractivity contribution in [3.8, 4) is 0 Å². The molecule has 1 aromatic rings. The fourth-order valence-corrected chi connectivity index (χ4v) is 3.28. The summed E-state index contributed by atoms with van der Waals surface area (Å²) in [5.74, 6) is 0. The minimum Gasteiger partial charge on any atom is -0.389 e. The van der Waals surface area contributed by atoms with E-state index < -0.39 is 0 Å². The number of nitrogens with zero attached hydrogens (tertiary/aromatic N) is 1. The van der Waals surface area contributed by atoms with E-state index in [2.05, 4.69) is 23.1 Å². The lowest BCUT2D eigenvalue weighted by molar-refractivity contribution is 0.199. The van der Waals surface area contributed by atoms with Gasteiger partial charge in [0.1, 0.15) is 0 Å². The van der Waals surface area contributed by atoms with Crippen molar-refractivity contribution in [3.05, 3.63) is 29.3 Å². The molecule has 1 fully saturated rings. The highest BCUT2D eigenvalue weighted by Crippen LogP contribution is 2.36. The molecule has 1 aromatic carbocycles. The summed E-state index contributed by atoms with van der Waals surface area (Å²) < 4.78 is 0.